The predicted octanol–water partition coefficient (Wildman–Crippen LogP) is 4.28. The lowest BCUT2D eigenvalue weighted by Gasteiger charge is -2.38. The number of hydrogen-bond donors (Lipinski definition) is 0. The van der Waals surface area contributed by atoms with Crippen molar-refractivity contribution in [3.8, 4) is 0 Å². The first kappa shape index (κ1) is 19.8. The van der Waals surface area contributed by atoms with Crippen LogP contribution >= 0.6 is 11.8 Å². The molecule has 0 spiro atoms. The molecule has 1 amide bonds. The smallest absolute Gasteiger partial charge is 0.233 e. The van der Waals surface area contributed by atoms with E-state index in [2.05, 4.69) is 30.3 Å². The van der Waals surface area contributed by atoms with Crippen LogP contribution in [0, 0.1) is 0 Å². The molecular weight excluding hydrogens is 390 g/mol. The van der Waals surface area contributed by atoms with Gasteiger partial charge in [-0.1, -0.05) is 49.6 Å². The fourth-order valence-electron chi connectivity index (χ4n) is 4.54. The molecular formula is C22H27NO3S2. The Bertz CT molecular complexity index is 951. The van der Waals surface area contributed by atoms with Crippen LogP contribution < -0.4 is 0 Å². The largest absolute Gasteiger partial charge is 0.335 e. The Morgan fingerprint density at radius 2 is 1.71 bits per heavy atom. The lowest BCUT2D eigenvalue weighted by Crippen LogP contribution is -2.49. The third kappa shape index (κ3) is 4.54. The maximum absolute atomic E-state index is 13.2. The summed E-state index contributed by atoms with van der Waals surface area (Å²) in [4.78, 5) is 16.2. The van der Waals surface area contributed by atoms with E-state index in [-0.39, 0.29) is 29.5 Å². The van der Waals surface area contributed by atoms with E-state index in [1.807, 2.05) is 17.0 Å². The van der Waals surface area contributed by atoms with Crippen LogP contribution in [0.25, 0.3) is 10.8 Å². The zero-order valence-electron chi connectivity index (χ0n) is 16.0. The quantitative estimate of drug-likeness (QED) is 0.682. The lowest BCUT2D eigenvalue weighted by atomic mass is 9.93. The molecule has 1 heterocycles. The van der Waals surface area contributed by atoms with Crippen LogP contribution in [0.3, 0.4) is 0 Å². The molecule has 2 aliphatic rings. The van der Waals surface area contributed by atoms with E-state index in [9.17, 15) is 13.2 Å². The number of hydrogen-bond acceptors (Lipinski definition) is 4. The van der Waals surface area contributed by atoms with Crippen molar-refractivity contribution in [2.24, 2.45) is 0 Å². The Morgan fingerprint density at radius 1 is 0.964 bits per heavy atom. The standard InChI is InChI=1S/C22H27NO3S2/c24-22(15-27-21-11-10-17-6-4-5-7-18(17)14-21)23(19-8-2-1-3-9-19)20-12-13-28(25,26)16-20/h4-7,10-11,14,19-20H,1-3,8-9,12-13,15-16H2. The summed E-state index contributed by atoms with van der Waals surface area (Å²) in [6.45, 7) is 0. The van der Waals surface area contributed by atoms with E-state index >= 15 is 0 Å². The molecule has 4 nitrogen and oxygen atoms in total. The summed E-state index contributed by atoms with van der Waals surface area (Å²) in [6, 6.07) is 14.5. The molecule has 0 N–H and O–H groups in total. The average Bonchev–Trinajstić information content (AvgIpc) is 3.06. The van der Waals surface area contributed by atoms with Crippen molar-refractivity contribution in [1.82, 2.24) is 4.90 Å². The lowest BCUT2D eigenvalue weighted by molar-refractivity contribution is -0.133. The third-order valence-electron chi connectivity index (χ3n) is 5.94. The number of rotatable bonds is 5. The monoisotopic (exact) mass is 417 g/mol. The van der Waals surface area contributed by atoms with Gasteiger partial charge in [-0.25, -0.2) is 8.42 Å². The zero-order chi connectivity index (χ0) is 19.6. The van der Waals surface area contributed by atoms with Crippen molar-refractivity contribution in [2.75, 3.05) is 17.3 Å². The van der Waals surface area contributed by atoms with Gasteiger partial charge in [-0.05, 0) is 42.2 Å². The van der Waals surface area contributed by atoms with E-state index in [4.69, 9.17) is 0 Å². The first-order chi connectivity index (χ1) is 13.5. The highest BCUT2D eigenvalue weighted by atomic mass is 32.2. The number of thioether (sulfide) groups is 1. The second-order valence-electron chi connectivity index (χ2n) is 7.95. The van der Waals surface area contributed by atoms with Crippen LogP contribution in [-0.2, 0) is 14.6 Å². The topological polar surface area (TPSA) is 54.5 Å². The van der Waals surface area contributed by atoms with E-state index in [0.717, 1.165) is 30.6 Å². The highest BCUT2D eigenvalue weighted by molar-refractivity contribution is 8.00. The summed E-state index contributed by atoms with van der Waals surface area (Å²) in [5.41, 5.74) is 0. The van der Waals surface area contributed by atoms with Gasteiger partial charge >= 0.3 is 0 Å². The van der Waals surface area contributed by atoms with Crippen LogP contribution in [-0.4, -0.2) is 48.6 Å². The molecule has 1 aliphatic carbocycles. The van der Waals surface area contributed by atoms with E-state index in [1.165, 1.54) is 17.2 Å². The second-order valence-corrected chi connectivity index (χ2v) is 11.2. The minimum absolute atomic E-state index is 0.0900. The minimum Gasteiger partial charge on any atom is -0.335 e. The third-order valence-corrected chi connectivity index (χ3v) is 8.67. The van der Waals surface area contributed by atoms with Gasteiger partial charge in [0.2, 0.25) is 5.91 Å². The summed E-state index contributed by atoms with van der Waals surface area (Å²) in [7, 11) is -3.00. The molecule has 1 saturated heterocycles. The molecule has 2 aromatic rings. The molecule has 0 radical (unpaired) electrons. The second kappa shape index (κ2) is 8.46. The van der Waals surface area contributed by atoms with Gasteiger partial charge in [-0.15, -0.1) is 11.8 Å². The number of sulfone groups is 1. The van der Waals surface area contributed by atoms with Gasteiger partial charge in [0.15, 0.2) is 9.84 Å². The SMILES string of the molecule is O=C(CSc1ccc2ccccc2c1)N(C1CCCCC1)C1CCS(=O)(=O)C1. The fraction of sp³-hybridized carbons (Fsp3) is 0.500. The summed E-state index contributed by atoms with van der Waals surface area (Å²) in [5, 5.41) is 2.36. The van der Waals surface area contributed by atoms with E-state index in [0.29, 0.717) is 12.2 Å². The fourth-order valence-corrected chi connectivity index (χ4v) is 7.06. The maximum Gasteiger partial charge on any atom is 0.233 e. The Morgan fingerprint density at radius 3 is 2.43 bits per heavy atom. The number of benzene rings is 2. The van der Waals surface area contributed by atoms with Crippen molar-refractivity contribution >= 4 is 38.3 Å². The normalized spacial score (nSPS) is 22.4. The van der Waals surface area contributed by atoms with E-state index < -0.39 is 9.84 Å². The van der Waals surface area contributed by atoms with Crippen molar-refractivity contribution in [2.45, 2.75) is 55.5 Å². The first-order valence-corrected chi connectivity index (χ1v) is 13.0. The molecule has 2 aromatic carbocycles. The first-order valence-electron chi connectivity index (χ1n) is 10.1. The number of nitrogens with zero attached hydrogens (tertiary/aromatic N) is 1. The van der Waals surface area contributed by atoms with E-state index in [1.54, 1.807) is 11.8 Å². The van der Waals surface area contributed by atoms with Crippen LogP contribution in [0.5, 0.6) is 0 Å². The highest BCUT2D eigenvalue weighted by Gasteiger charge is 2.38. The Balaban J connectivity index is 1.48. The Labute approximate surface area is 171 Å². The molecule has 2 fully saturated rings. The van der Waals surface area contributed by atoms with Crippen molar-refractivity contribution < 1.29 is 13.2 Å². The molecule has 4 rings (SSSR count). The van der Waals surface area contributed by atoms with Gasteiger partial charge in [-0.3, -0.25) is 4.79 Å². The number of carbonyl (C=O) groups excluding carboxylic acids is 1. The van der Waals surface area contributed by atoms with Crippen molar-refractivity contribution in [1.29, 1.82) is 0 Å². The number of fused-ring (bicyclic) bond motifs is 1. The summed E-state index contributed by atoms with van der Waals surface area (Å²) in [6.07, 6.45) is 6.07. The Hall–Kier alpha value is -1.53. The average molecular weight is 418 g/mol. The molecule has 6 heteroatoms. The van der Waals surface area contributed by atoms with Crippen LogP contribution in [0.15, 0.2) is 47.4 Å². The molecule has 1 saturated carbocycles. The number of amides is 1. The van der Waals surface area contributed by atoms with Crippen LogP contribution in [0.2, 0.25) is 0 Å². The van der Waals surface area contributed by atoms with Gasteiger partial charge in [0.25, 0.3) is 0 Å². The molecule has 0 aromatic heterocycles. The summed E-state index contributed by atoms with van der Waals surface area (Å²) < 4.78 is 24.0. The summed E-state index contributed by atoms with van der Waals surface area (Å²) >= 11 is 1.55. The molecule has 1 unspecified atom stereocenters. The van der Waals surface area contributed by atoms with Crippen LogP contribution in [0.1, 0.15) is 38.5 Å². The molecule has 28 heavy (non-hydrogen) atoms. The maximum atomic E-state index is 13.2. The van der Waals surface area contributed by atoms with Gasteiger partial charge in [0.05, 0.1) is 17.3 Å². The molecule has 1 atom stereocenters. The summed E-state index contributed by atoms with van der Waals surface area (Å²) in [5.74, 6) is 0.805. The van der Waals surface area contributed by atoms with Crippen LogP contribution in [0.4, 0.5) is 0 Å². The predicted molar refractivity (Wildman–Crippen MR) is 115 cm³/mol. The highest BCUT2D eigenvalue weighted by Crippen LogP contribution is 2.30. The van der Waals surface area contributed by atoms with Gasteiger partial charge in [0, 0.05) is 17.0 Å². The minimum atomic E-state index is -3.00. The van der Waals surface area contributed by atoms with Gasteiger partial charge in [0.1, 0.15) is 0 Å². The molecule has 0 bridgehead atoms. The molecule has 1 aliphatic heterocycles. The molecule has 150 valence electrons. The van der Waals surface area contributed by atoms with Gasteiger partial charge < -0.3 is 4.90 Å². The number of carbonyl (C=O) groups is 1. The van der Waals surface area contributed by atoms with Crippen molar-refractivity contribution in [3.63, 3.8) is 0 Å². The zero-order valence-corrected chi connectivity index (χ0v) is 17.7. The van der Waals surface area contributed by atoms with Gasteiger partial charge in [-0.2, -0.15) is 0 Å². The Kier molecular flexibility index (Phi) is 5.97. The van der Waals surface area contributed by atoms with Crippen molar-refractivity contribution in [3.05, 3.63) is 42.5 Å².